The minimum Gasteiger partial charge on any atom is -0.496 e. The Morgan fingerprint density at radius 3 is 2.43 bits per heavy atom. The summed E-state index contributed by atoms with van der Waals surface area (Å²) in [6, 6.07) is 15.6. The fourth-order valence-electron chi connectivity index (χ4n) is 4.24. The van der Waals surface area contributed by atoms with Crippen LogP contribution in [-0.2, 0) is 16.0 Å². The van der Waals surface area contributed by atoms with Crippen molar-refractivity contribution in [3.63, 3.8) is 0 Å². The fraction of sp³-hybridized carbons (Fsp3) is 0.348. The first-order valence-corrected chi connectivity index (χ1v) is 10.0. The van der Waals surface area contributed by atoms with E-state index in [0.29, 0.717) is 30.8 Å². The number of para-hydroxylation sites is 1. The lowest BCUT2D eigenvalue weighted by atomic mass is 9.96. The molecular weight excluding hydrogens is 382 g/mol. The number of piperazine rings is 2. The fourth-order valence-corrected chi connectivity index (χ4v) is 4.24. The van der Waals surface area contributed by atoms with Gasteiger partial charge in [-0.3, -0.25) is 14.4 Å². The Hall–Kier alpha value is -3.35. The van der Waals surface area contributed by atoms with E-state index in [0.717, 1.165) is 5.56 Å². The topological polar surface area (TPSA) is 70.2 Å². The van der Waals surface area contributed by atoms with E-state index >= 15 is 0 Å². The van der Waals surface area contributed by atoms with Gasteiger partial charge in [-0.25, -0.2) is 0 Å². The van der Waals surface area contributed by atoms with Crippen molar-refractivity contribution in [1.82, 2.24) is 14.7 Å². The molecule has 2 saturated heterocycles. The molecule has 7 heteroatoms. The van der Waals surface area contributed by atoms with Gasteiger partial charge in [0.1, 0.15) is 17.8 Å². The van der Waals surface area contributed by atoms with E-state index in [-0.39, 0.29) is 24.3 Å². The van der Waals surface area contributed by atoms with Gasteiger partial charge < -0.3 is 19.4 Å². The highest BCUT2D eigenvalue weighted by molar-refractivity contribution is 6.00. The number of benzene rings is 2. The van der Waals surface area contributed by atoms with E-state index in [1.54, 1.807) is 41.1 Å². The van der Waals surface area contributed by atoms with Crippen LogP contribution in [0.2, 0.25) is 0 Å². The summed E-state index contributed by atoms with van der Waals surface area (Å²) < 4.78 is 5.30. The van der Waals surface area contributed by atoms with Crippen LogP contribution in [0.25, 0.3) is 0 Å². The van der Waals surface area contributed by atoms with Gasteiger partial charge in [0.15, 0.2) is 0 Å². The molecule has 2 aromatic carbocycles. The van der Waals surface area contributed by atoms with Gasteiger partial charge in [-0.2, -0.15) is 0 Å². The monoisotopic (exact) mass is 407 g/mol. The second-order valence-corrected chi connectivity index (χ2v) is 7.65. The maximum Gasteiger partial charge on any atom is 0.257 e. The van der Waals surface area contributed by atoms with Gasteiger partial charge in [0.25, 0.3) is 5.91 Å². The number of nitrogens with zero attached hydrogens (tertiary/aromatic N) is 3. The van der Waals surface area contributed by atoms with Crippen molar-refractivity contribution in [1.29, 1.82) is 0 Å². The highest BCUT2D eigenvalue weighted by Crippen LogP contribution is 2.26. The van der Waals surface area contributed by atoms with Crippen LogP contribution in [0.5, 0.6) is 5.75 Å². The Morgan fingerprint density at radius 1 is 1.00 bits per heavy atom. The number of rotatable bonds is 4. The molecular formula is C23H25N3O4. The van der Waals surface area contributed by atoms with E-state index < -0.39 is 12.1 Å². The van der Waals surface area contributed by atoms with Gasteiger partial charge in [0.05, 0.1) is 19.2 Å². The molecule has 0 unspecified atom stereocenters. The SMILES string of the molecule is COc1ccccc1C(=O)N1CCN2C(=O)[C@H](Cc3ccccc3)N(C)C(=O)[C@H]2C1. The molecule has 3 amide bonds. The summed E-state index contributed by atoms with van der Waals surface area (Å²) >= 11 is 0. The summed E-state index contributed by atoms with van der Waals surface area (Å²) in [5, 5.41) is 0. The van der Waals surface area contributed by atoms with E-state index in [1.165, 1.54) is 12.0 Å². The highest BCUT2D eigenvalue weighted by Gasteiger charge is 2.47. The average Bonchev–Trinajstić information content (AvgIpc) is 2.80. The molecule has 0 N–H and O–H groups in total. The summed E-state index contributed by atoms with van der Waals surface area (Å²) in [5.74, 6) is 0.112. The number of fused-ring (bicyclic) bond motifs is 1. The Labute approximate surface area is 175 Å². The molecule has 2 heterocycles. The quantitative estimate of drug-likeness (QED) is 0.769. The lowest BCUT2D eigenvalue weighted by molar-refractivity contribution is -0.163. The molecule has 2 atom stereocenters. The normalized spacial score (nSPS) is 21.5. The molecule has 2 aliphatic rings. The van der Waals surface area contributed by atoms with Crippen LogP contribution >= 0.6 is 0 Å². The Balaban J connectivity index is 1.52. The van der Waals surface area contributed by atoms with Crippen LogP contribution in [0.1, 0.15) is 15.9 Å². The van der Waals surface area contributed by atoms with Crippen LogP contribution in [0, 0.1) is 0 Å². The maximum atomic E-state index is 13.2. The van der Waals surface area contributed by atoms with Crippen LogP contribution in [0.15, 0.2) is 54.6 Å². The minimum atomic E-state index is -0.651. The molecule has 0 spiro atoms. The third-order valence-corrected chi connectivity index (χ3v) is 5.95. The molecule has 2 aromatic rings. The van der Waals surface area contributed by atoms with Crippen molar-refractivity contribution in [2.75, 3.05) is 33.8 Å². The van der Waals surface area contributed by atoms with Gasteiger partial charge in [-0.05, 0) is 17.7 Å². The molecule has 7 nitrogen and oxygen atoms in total. The molecule has 0 radical (unpaired) electrons. The zero-order chi connectivity index (χ0) is 21.3. The summed E-state index contributed by atoms with van der Waals surface area (Å²) in [5.41, 5.74) is 1.47. The van der Waals surface area contributed by atoms with E-state index in [2.05, 4.69) is 0 Å². The van der Waals surface area contributed by atoms with E-state index in [4.69, 9.17) is 4.74 Å². The van der Waals surface area contributed by atoms with Gasteiger partial charge in [0, 0.05) is 26.6 Å². The second kappa shape index (κ2) is 8.18. The summed E-state index contributed by atoms with van der Waals surface area (Å²) in [4.78, 5) is 44.1. The number of carbonyl (C=O) groups is 3. The van der Waals surface area contributed by atoms with Crippen molar-refractivity contribution in [2.24, 2.45) is 0 Å². The number of carbonyl (C=O) groups excluding carboxylic acids is 3. The summed E-state index contributed by atoms with van der Waals surface area (Å²) in [7, 11) is 3.20. The standard InChI is InChI=1S/C23H25N3O4/c1-24-18(14-16-8-4-3-5-9-16)23(29)26-13-12-25(15-19(26)22(24)28)21(27)17-10-6-7-11-20(17)30-2/h3-11,18-19H,12-15H2,1-2H3/t18-,19+/m0/s1. The largest absolute Gasteiger partial charge is 0.496 e. The molecule has 0 aromatic heterocycles. The van der Waals surface area contributed by atoms with E-state index in [9.17, 15) is 14.4 Å². The Bertz CT molecular complexity index is 962. The molecule has 30 heavy (non-hydrogen) atoms. The molecule has 2 fully saturated rings. The van der Waals surface area contributed by atoms with Crippen LogP contribution in [-0.4, -0.2) is 78.3 Å². The number of methoxy groups -OCH3 is 1. The molecule has 4 rings (SSSR count). The summed E-state index contributed by atoms with van der Waals surface area (Å²) in [6.45, 7) is 0.910. The minimum absolute atomic E-state index is 0.0599. The van der Waals surface area contributed by atoms with Gasteiger partial charge >= 0.3 is 0 Å². The van der Waals surface area contributed by atoms with Gasteiger partial charge in [-0.15, -0.1) is 0 Å². The van der Waals surface area contributed by atoms with Crippen molar-refractivity contribution < 1.29 is 19.1 Å². The van der Waals surface area contributed by atoms with Crippen molar-refractivity contribution in [3.8, 4) is 5.75 Å². The maximum absolute atomic E-state index is 13.2. The second-order valence-electron chi connectivity index (χ2n) is 7.65. The number of amides is 3. The predicted octanol–water partition coefficient (Wildman–Crippen LogP) is 1.43. The number of ether oxygens (including phenoxy) is 1. The summed E-state index contributed by atoms with van der Waals surface area (Å²) in [6.07, 6.45) is 0.481. The lowest BCUT2D eigenvalue weighted by Crippen LogP contribution is -2.70. The van der Waals surface area contributed by atoms with Crippen molar-refractivity contribution in [2.45, 2.75) is 18.5 Å². The zero-order valence-electron chi connectivity index (χ0n) is 17.2. The first-order chi connectivity index (χ1) is 14.5. The predicted molar refractivity (Wildman–Crippen MR) is 111 cm³/mol. The van der Waals surface area contributed by atoms with Crippen LogP contribution in [0.4, 0.5) is 0 Å². The number of hydrogen-bond acceptors (Lipinski definition) is 4. The first kappa shape index (κ1) is 19.9. The molecule has 0 saturated carbocycles. The zero-order valence-corrected chi connectivity index (χ0v) is 17.2. The third kappa shape index (κ3) is 3.51. The molecule has 2 aliphatic heterocycles. The van der Waals surface area contributed by atoms with Crippen LogP contribution in [0.3, 0.4) is 0 Å². The van der Waals surface area contributed by atoms with E-state index in [1.807, 2.05) is 30.3 Å². The van der Waals surface area contributed by atoms with Crippen LogP contribution < -0.4 is 4.74 Å². The first-order valence-electron chi connectivity index (χ1n) is 10.0. The van der Waals surface area contributed by atoms with Gasteiger partial charge in [-0.1, -0.05) is 42.5 Å². The number of hydrogen-bond donors (Lipinski definition) is 0. The Morgan fingerprint density at radius 2 is 1.70 bits per heavy atom. The van der Waals surface area contributed by atoms with Crippen molar-refractivity contribution >= 4 is 17.7 Å². The lowest BCUT2D eigenvalue weighted by Gasteiger charge is -2.48. The smallest absolute Gasteiger partial charge is 0.257 e. The number of likely N-dealkylation sites (N-methyl/N-ethyl adjacent to an activating group) is 1. The molecule has 156 valence electrons. The Kier molecular flexibility index (Phi) is 5.44. The third-order valence-electron chi connectivity index (χ3n) is 5.95. The van der Waals surface area contributed by atoms with Gasteiger partial charge in [0.2, 0.25) is 11.8 Å². The van der Waals surface area contributed by atoms with Crippen molar-refractivity contribution in [3.05, 3.63) is 65.7 Å². The highest BCUT2D eigenvalue weighted by atomic mass is 16.5. The molecule has 0 aliphatic carbocycles. The molecule has 0 bridgehead atoms. The average molecular weight is 407 g/mol.